The number of nitrogens with one attached hydrogen (secondary N) is 2. The van der Waals surface area contributed by atoms with Crippen molar-refractivity contribution in [3.63, 3.8) is 0 Å². The molecule has 0 saturated carbocycles. The van der Waals surface area contributed by atoms with E-state index in [0.29, 0.717) is 36.3 Å². The molecule has 6 nitrogen and oxygen atoms in total. The molecular formula is C21H29FIN3O3. The minimum absolute atomic E-state index is 0. The van der Waals surface area contributed by atoms with Crippen LogP contribution in [0.1, 0.15) is 16.7 Å². The molecule has 0 fully saturated rings. The molecule has 29 heavy (non-hydrogen) atoms. The normalized spacial score (nSPS) is 10.8. The Hall–Kier alpha value is -2.23. The van der Waals surface area contributed by atoms with E-state index in [1.165, 1.54) is 6.07 Å². The molecule has 0 heterocycles. The maximum atomic E-state index is 13.2. The molecule has 0 aliphatic heterocycles. The lowest BCUT2D eigenvalue weighted by atomic mass is 10.1. The number of hydrogen-bond donors (Lipinski definition) is 2. The summed E-state index contributed by atoms with van der Waals surface area (Å²) in [6, 6.07) is 8.52. The van der Waals surface area contributed by atoms with E-state index >= 15 is 0 Å². The minimum Gasteiger partial charge on any atom is -0.496 e. The average Bonchev–Trinajstić information content (AvgIpc) is 2.71. The van der Waals surface area contributed by atoms with Crippen LogP contribution >= 0.6 is 24.0 Å². The van der Waals surface area contributed by atoms with Crippen LogP contribution in [0, 0.1) is 12.7 Å². The highest BCUT2D eigenvalue weighted by atomic mass is 127. The summed E-state index contributed by atoms with van der Waals surface area (Å²) in [4.78, 5) is 4.24. The molecule has 8 heteroatoms. The van der Waals surface area contributed by atoms with Crippen LogP contribution in [0.2, 0.25) is 0 Å². The van der Waals surface area contributed by atoms with Gasteiger partial charge in [-0.15, -0.1) is 24.0 Å². The van der Waals surface area contributed by atoms with Gasteiger partial charge in [-0.25, -0.2) is 4.39 Å². The van der Waals surface area contributed by atoms with Gasteiger partial charge < -0.3 is 24.8 Å². The fourth-order valence-corrected chi connectivity index (χ4v) is 2.89. The van der Waals surface area contributed by atoms with E-state index in [0.717, 1.165) is 23.1 Å². The first-order chi connectivity index (χ1) is 13.5. The lowest BCUT2D eigenvalue weighted by Gasteiger charge is -2.16. The highest BCUT2D eigenvalue weighted by Gasteiger charge is 2.12. The largest absolute Gasteiger partial charge is 0.496 e. The second-order valence-corrected chi connectivity index (χ2v) is 6.19. The van der Waals surface area contributed by atoms with Crippen LogP contribution in [0.25, 0.3) is 0 Å². The van der Waals surface area contributed by atoms with Crippen LogP contribution in [0.5, 0.6) is 17.2 Å². The van der Waals surface area contributed by atoms with Gasteiger partial charge in [0.15, 0.2) is 17.5 Å². The molecule has 160 valence electrons. The Bertz CT molecular complexity index is 831. The molecule has 2 aromatic carbocycles. The van der Waals surface area contributed by atoms with Crippen LogP contribution < -0.4 is 24.8 Å². The van der Waals surface area contributed by atoms with E-state index in [2.05, 4.69) is 15.6 Å². The SMILES string of the molecule is CN=C(NCCc1ccc(F)cc1C)NCc1cc(OC)c(OC)cc1OC.I. The van der Waals surface area contributed by atoms with E-state index in [1.807, 2.05) is 19.1 Å². The standard InChI is InChI=1S/C21H28FN3O3.HI/c1-14-10-17(22)7-6-15(14)8-9-24-21(23-2)25-13-16-11-19(27-4)20(28-5)12-18(16)26-3;/h6-7,10-12H,8-9,13H2,1-5H3,(H2,23,24,25);1H. The molecule has 2 aromatic rings. The Morgan fingerprint density at radius 2 is 1.59 bits per heavy atom. The highest BCUT2D eigenvalue weighted by Crippen LogP contribution is 2.34. The summed E-state index contributed by atoms with van der Waals surface area (Å²) in [6.45, 7) is 3.09. The number of rotatable bonds is 8. The Balaban J connectivity index is 0.00000420. The van der Waals surface area contributed by atoms with Crippen molar-refractivity contribution in [2.75, 3.05) is 34.9 Å². The van der Waals surface area contributed by atoms with E-state index < -0.39 is 0 Å². The van der Waals surface area contributed by atoms with Gasteiger partial charge in [-0.1, -0.05) is 6.07 Å². The van der Waals surface area contributed by atoms with E-state index in [1.54, 1.807) is 40.5 Å². The number of ether oxygens (including phenoxy) is 3. The van der Waals surface area contributed by atoms with Crippen molar-refractivity contribution in [2.45, 2.75) is 19.9 Å². The number of halogens is 2. The van der Waals surface area contributed by atoms with Gasteiger partial charge in [0.2, 0.25) is 0 Å². The first-order valence-electron chi connectivity index (χ1n) is 9.00. The predicted octanol–water partition coefficient (Wildman–Crippen LogP) is 3.69. The number of hydrogen-bond acceptors (Lipinski definition) is 4. The molecule has 0 radical (unpaired) electrons. The van der Waals surface area contributed by atoms with E-state index in [4.69, 9.17) is 14.2 Å². The van der Waals surface area contributed by atoms with Crippen molar-refractivity contribution in [2.24, 2.45) is 4.99 Å². The Kier molecular flexibility index (Phi) is 10.6. The van der Waals surface area contributed by atoms with Crippen LogP contribution in [0.4, 0.5) is 4.39 Å². The molecular weight excluding hydrogens is 488 g/mol. The van der Waals surface area contributed by atoms with Gasteiger partial charge in [0.25, 0.3) is 0 Å². The lowest BCUT2D eigenvalue weighted by molar-refractivity contribution is 0.347. The fraction of sp³-hybridized carbons (Fsp3) is 0.381. The van der Waals surface area contributed by atoms with Gasteiger partial charge in [-0.3, -0.25) is 4.99 Å². The number of benzene rings is 2. The zero-order valence-corrected chi connectivity index (χ0v) is 19.8. The summed E-state index contributed by atoms with van der Waals surface area (Å²) < 4.78 is 29.3. The molecule has 0 bridgehead atoms. The van der Waals surface area contributed by atoms with Crippen LogP contribution in [0.15, 0.2) is 35.3 Å². The topological polar surface area (TPSA) is 64.1 Å². The molecule has 0 aromatic heterocycles. The second-order valence-electron chi connectivity index (χ2n) is 6.19. The quantitative estimate of drug-likeness (QED) is 0.318. The zero-order valence-electron chi connectivity index (χ0n) is 17.5. The minimum atomic E-state index is -0.212. The van der Waals surface area contributed by atoms with Crippen molar-refractivity contribution in [3.8, 4) is 17.2 Å². The highest BCUT2D eigenvalue weighted by molar-refractivity contribution is 14.0. The summed E-state index contributed by atoms with van der Waals surface area (Å²) in [6.07, 6.45) is 0.770. The fourth-order valence-electron chi connectivity index (χ4n) is 2.89. The van der Waals surface area contributed by atoms with Crippen molar-refractivity contribution in [1.29, 1.82) is 0 Å². The maximum Gasteiger partial charge on any atom is 0.191 e. The van der Waals surface area contributed by atoms with Gasteiger partial charge in [-0.05, 0) is 42.7 Å². The van der Waals surface area contributed by atoms with Crippen molar-refractivity contribution < 1.29 is 18.6 Å². The van der Waals surface area contributed by atoms with Crippen molar-refractivity contribution in [3.05, 3.63) is 52.8 Å². The molecule has 0 amide bonds. The third-order valence-corrected chi connectivity index (χ3v) is 4.45. The Morgan fingerprint density at radius 1 is 0.931 bits per heavy atom. The van der Waals surface area contributed by atoms with Crippen LogP contribution in [-0.2, 0) is 13.0 Å². The summed E-state index contributed by atoms with van der Waals surface area (Å²) in [5.41, 5.74) is 2.96. The first-order valence-corrected chi connectivity index (χ1v) is 9.00. The number of aryl methyl sites for hydroxylation is 1. The molecule has 0 atom stereocenters. The van der Waals surface area contributed by atoms with Crippen LogP contribution in [0.3, 0.4) is 0 Å². The number of aliphatic imine (C=N–C) groups is 1. The molecule has 0 aliphatic carbocycles. The Morgan fingerprint density at radius 3 is 2.17 bits per heavy atom. The van der Waals surface area contributed by atoms with Gasteiger partial charge in [0.05, 0.1) is 21.3 Å². The van der Waals surface area contributed by atoms with Crippen molar-refractivity contribution >= 4 is 29.9 Å². The number of nitrogens with zero attached hydrogens (tertiary/aromatic N) is 1. The van der Waals surface area contributed by atoms with E-state index in [9.17, 15) is 4.39 Å². The number of methoxy groups -OCH3 is 3. The third-order valence-electron chi connectivity index (χ3n) is 4.45. The Labute approximate surface area is 188 Å². The third kappa shape index (κ3) is 6.95. The van der Waals surface area contributed by atoms with Gasteiger partial charge in [0.1, 0.15) is 11.6 Å². The summed E-state index contributed by atoms with van der Waals surface area (Å²) in [7, 11) is 6.51. The molecule has 0 aliphatic rings. The average molecular weight is 517 g/mol. The molecule has 2 N–H and O–H groups in total. The number of guanidine groups is 1. The van der Waals surface area contributed by atoms with Gasteiger partial charge in [-0.2, -0.15) is 0 Å². The molecule has 0 spiro atoms. The predicted molar refractivity (Wildman–Crippen MR) is 125 cm³/mol. The summed E-state index contributed by atoms with van der Waals surface area (Å²) in [5, 5.41) is 6.53. The zero-order chi connectivity index (χ0) is 20.5. The molecule has 2 rings (SSSR count). The van der Waals surface area contributed by atoms with Gasteiger partial charge >= 0.3 is 0 Å². The smallest absolute Gasteiger partial charge is 0.191 e. The van der Waals surface area contributed by atoms with Crippen LogP contribution in [-0.4, -0.2) is 40.9 Å². The molecule has 0 unspecified atom stereocenters. The van der Waals surface area contributed by atoms with E-state index in [-0.39, 0.29) is 29.8 Å². The molecule has 0 saturated heterocycles. The summed E-state index contributed by atoms with van der Waals surface area (Å²) >= 11 is 0. The maximum absolute atomic E-state index is 13.2. The second kappa shape index (κ2) is 12.4. The van der Waals surface area contributed by atoms with Crippen molar-refractivity contribution in [1.82, 2.24) is 10.6 Å². The summed E-state index contributed by atoms with van der Waals surface area (Å²) in [5.74, 6) is 2.39. The monoisotopic (exact) mass is 517 g/mol. The van der Waals surface area contributed by atoms with Gasteiger partial charge in [0, 0.05) is 31.8 Å². The lowest BCUT2D eigenvalue weighted by Crippen LogP contribution is -2.38. The first kappa shape index (κ1) is 24.8.